The number of rotatable bonds is 8. The molecule has 0 aliphatic rings. The second-order valence-corrected chi connectivity index (χ2v) is 16.4. The molecule has 0 amide bonds. The van der Waals surface area contributed by atoms with Crippen LogP contribution in [0.3, 0.4) is 0 Å². The van der Waals surface area contributed by atoms with Crippen molar-refractivity contribution < 1.29 is 94.0 Å². The minimum atomic E-state index is -3.17. The van der Waals surface area contributed by atoms with Crippen molar-refractivity contribution in [2.24, 2.45) is 56.4 Å². The summed E-state index contributed by atoms with van der Waals surface area (Å²) < 4.78 is 72.8. The highest BCUT2D eigenvalue weighted by Gasteiger charge is 1.97. The van der Waals surface area contributed by atoms with Gasteiger partial charge in [-0.3, -0.25) is 0 Å². The quantitative estimate of drug-likeness (QED) is 0.0802. The van der Waals surface area contributed by atoms with Gasteiger partial charge in [-0.15, -0.1) is 0 Å². The second-order valence-electron chi connectivity index (χ2n) is 16.4. The molecule has 0 N–H and O–H groups in total. The maximum Gasteiger partial charge on any atom is 0.243 e. The van der Waals surface area contributed by atoms with E-state index in [4.69, 9.17) is 40.2 Å². The molecule has 0 spiro atoms. The average molecular weight is 1140 g/mol. The third-order valence-electron chi connectivity index (χ3n) is 9.51. The first kappa shape index (κ1) is 79.8. The Morgan fingerprint density at radius 3 is 0.338 bits per heavy atom. The number of nitrogens with zero attached hydrogens (tertiary/aromatic N) is 16. The largest absolute Gasteiger partial charge is 0.867 e. The first-order valence-corrected chi connectivity index (χ1v) is 25.5. The lowest BCUT2D eigenvalue weighted by Crippen LogP contribution is -2.39. The monoisotopic (exact) mass is 1140 g/mol. The molecule has 0 saturated heterocycles. The van der Waals surface area contributed by atoms with E-state index in [2.05, 4.69) is 192 Å². The van der Waals surface area contributed by atoms with Crippen molar-refractivity contribution >= 4 is 29.6 Å². The van der Waals surface area contributed by atoms with Gasteiger partial charge < -0.3 is 57.5 Å². The summed E-state index contributed by atoms with van der Waals surface area (Å²) in [5.41, 5.74) is 0. The number of halogens is 4. The predicted molar refractivity (Wildman–Crippen MR) is 278 cm³/mol. The molecule has 0 fully saturated rings. The normalized spacial score (nSPS) is 9.15. The number of aryl methyl sites for hydroxylation is 16. The van der Waals surface area contributed by atoms with Crippen LogP contribution in [0.2, 0.25) is 0 Å². The fourth-order valence-corrected chi connectivity index (χ4v) is 5.51. The molecule has 0 aromatic carbocycles. The molecule has 0 saturated carbocycles. The first-order valence-electron chi connectivity index (χ1n) is 25.5. The Hall–Kier alpha value is -6.66. The van der Waals surface area contributed by atoms with Crippen LogP contribution in [0, 0.1) is 0 Å². The van der Waals surface area contributed by atoms with Gasteiger partial charge in [-0.1, -0.05) is 0 Å². The Kier molecular flexibility index (Phi) is 50.4. The van der Waals surface area contributed by atoms with E-state index in [0.29, 0.717) is 0 Å². The third-order valence-corrected chi connectivity index (χ3v) is 9.51. The van der Waals surface area contributed by atoms with Crippen molar-refractivity contribution in [3.05, 3.63) is 150 Å². The van der Waals surface area contributed by atoms with Crippen molar-refractivity contribution in [1.82, 2.24) is 36.5 Å². The van der Waals surface area contributed by atoms with Crippen molar-refractivity contribution in [3.63, 3.8) is 0 Å². The van der Waals surface area contributed by atoms with E-state index in [1.54, 1.807) is 0 Å². The van der Waals surface area contributed by atoms with Crippen molar-refractivity contribution in [2.75, 3.05) is 0 Å². The molecule has 0 bridgehead atoms. The fourth-order valence-electron chi connectivity index (χ4n) is 5.51. The Morgan fingerprint density at radius 1 is 0.237 bits per heavy atom. The molecule has 448 valence electrons. The SMILES string of the molecule is CC[n+]1ccn(C)c1.CC[n+]1ccn(C)c1.CC[n+]1ccn(C)c1.CC[n+]1ccn(C)c1.CC[n+]1ccn(C)c1.CC[n+]1ccn(C)c1.CC[n+]1ccn(C)c1.CC[n+]1ccn(C)c1.[O-]B([O-])F.[O-]B([O-])F.[O-]B([O-])F.[O-]B([O-])F. The van der Waals surface area contributed by atoms with Gasteiger partial charge >= 0.3 is 0 Å². The number of hydrogen-bond donors (Lipinski definition) is 0. The van der Waals surface area contributed by atoms with E-state index in [1.807, 2.05) is 142 Å². The zero-order chi connectivity index (χ0) is 62.2. The molecule has 80 heavy (non-hydrogen) atoms. The lowest BCUT2D eigenvalue weighted by atomic mass is 10.3. The number of aromatic nitrogens is 16. The lowest BCUT2D eigenvalue weighted by Gasteiger charge is -2.09. The van der Waals surface area contributed by atoms with E-state index in [-0.39, 0.29) is 0 Å². The van der Waals surface area contributed by atoms with Crippen molar-refractivity contribution in [3.8, 4) is 0 Å². The van der Waals surface area contributed by atoms with Gasteiger partial charge in [-0.2, -0.15) is 0 Å². The summed E-state index contributed by atoms with van der Waals surface area (Å²) in [5, 5.41) is 66.4. The van der Waals surface area contributed by atoms with Gasteiger partial charge in [0, 0.05) is 0 Å². The summed E-state index contributed by atoms with van der Waals surface area (Å²) in [7, 11) is 3.49. The Bertz CT molecular complexity index is 2070. The third kappa shape index (κ3) is 53.3. The molecule has 0 radical (unpaired) electrons. The van der Waals surface area contributed by atoms with Crippen molar-refractivity contribution in [2.45, 2.75) is 108 Å². The van der Waals surface area contributed by atoms with Crippen LogP contribution in [0.1, 0.15) is 55.4 Å². The van der Waals surface area contributed by atoms with Crippen LogP contribution in [0.5, 0.6) is 0 Å². The summed E-state index contributed by atoms with van der Waals surface area (Å²) >= 11 is 0. The minimum absolute atomic E-state index is 1.06. The van der Waals surface area contributed by atoms with Gasteiger partial charge in [0.1, 0.15) is 129 Å². The number of hydrogen-bond acceptors (Lipinski definition) is 8. The zero-order valence-electron chi connectivity index (χ0n) is 49.8. The van der Waals surface area contributed by atoms with Gasteiger partial charge in [-0.05, 0) is 55.4 Å². The van der Waals surface area contributed by atoms with Crippen LogP contribution < -0.4 is 76.7 Å². The zero-order valence-corrected chi connectivity index (χ0v) is 49.8. The summed E-state index contributed by atoms with van der Waals surface area (Å²) in [6.45, 7) is 25.5. The standard InChI is InChI=1S/8C6H11N2.4BFO2/c8*1-3-8-5-4-7(2)6-8;4*2-1(3)4/h8*4-6H,3H2,1-2H3;;;;/q8*+1;4*-2. The van der Waals surface area contributed by atoms with Crippen LogP contribution in [0.15, 0.2) is 150 Å². The van der Waals surface area contributed by atoms with Crippen LogP contribution in [-0.4, -0.2) is 66.1 Å². The minimum Gasteiger partial charge on any atom is -0.867 e. The molecule has 8 heterocycles. The van der Waals surface area contributed by atoms with E-state index < -0.39 is 29.6 Å². The highest BCUT2D eigenvalue weighted by atomic mass is 19.1. The van der Waals surface area contributed by atoms with Gasteiger partial charge in [0.05, 0.1) is 109 Å². The molecule has 0 unspecified atom stereocenters. The molecule has 8 aromatic heterocycles. The Labute approximate surface area is 472 Å². The topological polar surface area (TPSA) is 255 Å². The first-order chi connectivity index (χ1) is 37.5. The molecule has 0 atom stereocenters. The molecule has 0 aliphatic heterocycles. The summed E-state index contributed by atoms with van der Waals surface area (Å²) in [6, 6.07) is 0. The average Bonchev–Trinajstić information content (AvgIpc) is 4.25. The fraction of sp³-hybridized carbons (Fsp3) is 0.500. The van der Waals surface area contributed by atoms with Gasteiger partial charge in [0.25, 0.3) is 0 Å². The van der Waals surface area contributed by atoms with E-state index in [0.717, 1.165) is 52.4 Å². The van der Waals surface area contributed by atoms with Gasteiger partial charge in [-0.25, -0.2) is 73.1 Å². The maximum atomic E-state index is 9.89. The van der Waals surface area contributed by atoms with Crippen LogP contribution >= 0.6 is 0 Å². The van der Waals surface area contributed by atoms with Crippen molar-refractivity contribution in [1.29, 1.82) is 0 Å². The lowest BCUT2D eigenvalue weighted by molar-refractivity contribution is -0.693. The summed E-state index contributed by atoms with van der Waals surface area (Å²) in [4.78, 5) is 0. The van der Waals surface area contributed by atoms with E-state index in [1.165, 1.54) is 0 Å². The second kappa shape index (κ2) is 50.6. The van der Waals surface area contributed by atoms with Crippen LogP contribution in [0.4, 0.5) is 17.3 Å². The van der Waals surface area contributed by atoms with E-state index in [9.17, 15) is 17.3 Å². The molecular formula is C48H88B4F4N16O8. The molecule has 24 nitrogen and oxygen atoms in total. The molecule has 0 aliphatic carbocycles. The Balaban J connectivity index is -0.000000398. The molecule has 8 aromatic rings. The van der Waals surface area contributed by atoms with Gasteiger partial charge in [0.15, 0.2) is 0 Å². The summed E-state index contributed by atoms with van der Waals surface area (Å²) in [6.07, 6.45) is 49.1. The van der Waals surface area contributed by atoms with E-state index >= 15 is 0 Å². The highest BCUT2D eigenvalue weighted by Crippen LogP contribution is 1.79. The number of imidazole rings is 8. The van der Waals surface area contributed by atoms with Crippen LogP contribution in [0.25, 0.3) is 0 Å². The van der Waals surface area contributed by atoms with Crippen LogP contribution in [-0.2, 0) is 109 Å². The summed E-state index contributed by atoms with van der Waals surface area (Å²) in [5.74, 6) is 0. The maximum absolute atomic E-state index is 9.89. The Morgan fingerprint density at radius 2 is 0.312 bits per heavy atom. The molecule has 32 heteroatoms. The molecule has 8 rings (SSSR count). The van der Waals surface area contributed by atoms with Gasteiger partial charge in [0.2, 0.25) is 50.6 Å². The highest BCUT2D eigenvalue weighted by molar-refractivity contribution is 6.27. The predicted octanol–water partition coefficient (Wildman–Crippen LogP) is -6.69. The smallest absolute Gasteiger partial charge is 0.243 e. The molecular weight excluding hydrogens is 1050 g/mol.